The third kappa shape index (κ3) is 1.41. The Bertz CT molecular complexity index is 727. The third-order valence-corrected chi connectivity index (χ3v) is 3.09. The van der Waals surface area contributed by atoms with Gasteiger partial charge in [0, 0.05) is 21.8 Å². The molecule has 86 valence electrons. The predicted octanol–water partition coefficient (Wildman–Crippen LogP) is 0.133. The van der Waals surface area contributed by atoms with Gasteiger partial charge in [-0.25, -0.2) is 4.79 Å². The Morgan fingerprint density at radius 1 is 1.35 bits per heavy atom. The molecule has 0 saturated heterocycles. The third-order valence-electron chi connectivity index (χ3n) is 3.09. The van der Waals surface area contributed by atoms with Gasteiger partial charge in [-0.1, -0.05) is 18.2 Å². The van der Waals surface area contributed by atoms with Crippen molar-refractivity contribution in [2.24, 2.45) is 0 Å². The number of hydrogen-bond donors (Lipinski definition) is 3. The van der Waals surface area contributed by atoms with Crippen molar-refractivity contribution < 1.29 is 9.90 Å². The zero-order valence-corrected chi connectivity index (χ0v) is 9.32. The lowest BCUT2D eigenvalue weighted by atomic mass is 10.1. The van der Waals surface area contributed by atoms with Crippen LogP contribution in [0.3, 0.4) is 0 Å². The van der Waals surface area contributed by atoms with E-state index in [4.69, 9.17) is 5.11 Å². The van der Waals surface area contributed by atoms with Gasteiger partial charge in [-0.2, -0.15) is 0 Å². The minimum absolute atomic E-state index is 0.651. The smallest absolute Gasteiger partial charge is 0.330 e. The fraction of sp³-hybridized carbons (Fsp3) is 0.154. The Morgan fingerprint density at radius 2 is 2.12 bits per heavy atom. The number of carboxylic acids is 1. The summed E-state index contributed by atoms with van der Waals surface area (Å²) in [6.45, 7) is 1.89. The van der Waals surface area contributed by atoms with Gasteiger partial charge in [0.25, 0.3) is 0 Å². The zero-order valence-electron chi connectivity index (χ0n) is 9.32. The number of H-pyrrole nitrogens is 1. The number of carboxylic acid groups (broad SMARTS) is 1. The molecule has 0 amide bonds. The largest absolute Gasteiger partial charge is 0.479 e. The number of fused-ring (bicyclic) bond motifs is 3. The Kier molecular flexibility index (Phi) is 1.98. The quantitative estimate of drug-likeness (QED) is 0.650. The van der Waals surface area contributed by atoms with Crippen molar-refractivity contribution in [3.05, 3.63) is 34.8 Å². The van der Waals surface area contributed by atoms with E-state index < -0.39 is 12.0 Å². The highest BCUT2D eigenvalue weighted by molar-refractivity contribution is 5.88. The first-order valence-corrected chi connectivity index (χ1v) is 5.45. The summed E-state index contributed by atoms with van der Waals surface area (Å²) < 4.78 is 0. The van der Waals surface area contributed by atoms with Crippen molar-refractivity contribution in [2.45, 2.75) is 13.0 Å². The topological polar surface area (TPSA) is 65.1 Å². The van der Waals surface area contributed by atoms with E-state index >= 15 is 0 Å². The van der Waals surface area contributed by atoms with Crippen LogP contribution in [0, 0.1) is 0 Å². The number of aliphatic carboxylic acids is 1. The van der Waals surface area contributed by atoms with Crippen molar-refractivity contribution in [3.63, 3.8) is 0 Å². The molecule has 1 aliphatic heterocycles. The minimum Gasteiger partial charge on any atom is -0.479 e. The Balaban J connectivity index is 2.43. The lowest BCUT2D eigenvalue weighted by Gasteiger charge is -2.15. The molecule has 1 atom stereocenters. The van der Waals surface area contributed by atoms with Crippen LogP contribution in [-0.4, -0.2) is 22.1 Å². The summed E-state index contributed by atoms with van der Waals surface area (Å²) in [5.41, 5.74) is 1.90. The minimum atomic E-state index is -0.861. The number of rotatable bonds is 1. The highest BCUT2D eigenvalue weighted by Gasteiger charge is 2.18. The molecule has 0 fully saturated rings. The Hall–Kier alpha value is -2.23. The average molecular weight is 228 g/mol. The maximum absolute atomic E-state index is 11.1. The second-order valence-corrected chi connectivity index (χ2v) is 4.21. The first-order chi connectivity index (χ1) is 8.16. The zero-order chi connectivity index (χ0) is 12.0. The van der Waals surface area contributed by atoms with Gasteiger partial charge in [-0.05, 0) is 19.1 Å². The van der Waals surface area contributed by atoms with E-state index in [1.807, 2.05) is 31.2 Å². The highest BCUT2D eigenvalue weighted by Crippen LogP contribution is 2.06. The first-order valence-electron chi connectivity index (χ1n) is 5.45. The molecule has 3 rings (SSSR count). The number of benzene rings is 1. The van der Waals surface area contributed by atoms with Crippen molar-refractivity contribution in [1.82, 2.24) is 10.3 Å². The molecule has 4 nitrogen and oxygen atoms in total. The van der Waals surface area contributed by atoms with Crippen LogP contribution in [0.2, 0.25) is 0 Å². The normalized spacial score (nSPS) is 18.4. The number of nitrogens with one attached hydrogen (secondary N) is 2. The van der Waals surface area contributed by atoms with Gasteiger partial charge in [-0.3, -0.25) is 0 Å². The SMILES string of the molecule is CC1=c2[nH]c3ccccc3c2=CC(C(=O)O)N1. The molecule has 0 bridgehead atoms. The van der Waals surface area contributed by atoms with Crippen molar-refractivity contribution in [2.75, 3.05) is 0 Å². The van der Waals surface area contributed by atoms with Crippen LogP contribution in [0.15, 0.2) is 24.3 Å². The van der Waals surface area contributed by atoms with Gasteiger partial charge in [0.15, 0.2) is 0 Å². The van der Waals surface area contributed by atoms with Gasteiger partial charge in [-0.15, -0.1) is 0 Å². The van der Waals surface area contributed by atoms with E-state index in [0.29, 0.717) is 0 Å². The summed E-state index contributed by atoms with van der Waals surface area (Å²) in [4.78, 5) is 14.4. The maximum atomic E-state index is 11.1. The lowest BCUT2D eigenvalue weighted by molar-refractivity contribution is -0.137. The van der Waals surface area contributed by atoms with Crippen LogP contribution in [0.4, 0.5) is 0 Å². The van der Waals surface area contributed by atoms with Crippen molar-refractivity contribution >= 4 is 28.6 Å². The van der Waals surface area contributed by atoms with Crippen LogP contribution in [0.5, 0.6) is 0 Å². The summed E-state index contributed by atoms with van der Waals surface area (Å²) in [5.74, 6) is -0.861. The van der Waals surface area contributed by atoms with Crippen LogP contribution in [0.25, 0.3) is 22.7 Å². The number of aromatic nitrogens is 1. The van der Waals surface area contributed by atoms with Crippen molar-refractivity contribution in [1.29, 1.82) is 0 Å². The van der Waals surface area contributed by atoms with Gasteiger partial charge in [0.1, 0.15) is 6.04 Å². The van der Waals surface area contributed by atoms with Gasteiger partial charge >= 0.3 is 5.97 Å². The average Bonchev–Trinajstić information content (AvgIpc) is 2.68. The first kappa shape index (κ1) is 9.96. The molecule has 1 unspecified atom stereocenters. The monoisotopic (exact) mass is 228 g/mol. The second kappa shape index (κ2) is 3.38. The van der Waals surface area contributed by atoms with Crippen LogP contribution < -0.4 is 15.9 Å². The number of hydrogen-bond acceptors (Lipinski definition) is 2. The summed E-state index contributed by atoms with van der Waals surface area (Å²) in [6.07, 6.45) is 1.75. The van der Waals surface area contributed by atoms with E-state index in [1.54, 1.807) is 6.08 Å². The summed E-state index contributed by atoms with van der Waals surface area (Å²) >= 11 is 0. The fourth-order valence-corrected chi connectivity index (χ4v) is 2.28. The molecule has 0 aliphatic carbocycles. The van der Waals surface area contributed by atoms with Crippen molar-refractivity contribution in [3.8, 4) is 0 Å². The molecule has 0 spiro atoms. The summed E-state index contributed by atoms with van der Waals surface area (Å²) in [7, 11) is 0. The van der Waals surface area contributed by atoms with E-state index in [1.165, 1.54) is 0 Å². The van der Waals surface area contributed by atoms with Gasteiger partial charge < -0.3 is 15.4 Å². The van der Waals surface area contributed by atoms with E-state index in [2.05, 4.69) is 10.3 Å². The van der Waals surface area contributed by atoms with E-state index in [0.717, 1.165) is 27.2 Å². The molecular weight excluding hydrogens is 216 g/mol. The highest BCUT2D eigenvalue weighted by atomic mass is 16.4. The lowest BCUT2D eigenvalue weighted by Crippen LogP contribution is -2.45. The number of aromatic amines is 1. The van der Waals surface area contributed by atoms with Gasteiger partial charge in [0.05, 0.1) is 5.35 Å². The molecule has 3 N–H and O–H groups in total. The number of para-hydroxylation sites is 1. The summed E-state index contributed by atoms with van der Waals surface area (Å²) in [6, 6.07) is 7.25. The predicted molar refractivity (Wildman–Crippen MR) is 65.7 cm³/mol. The molecule has 1 aromatic carbocycles. The van der Waals surface area contributed by atoms with Crippen LogP contribution in [-0.2, 0) is 4.79 Å². The summed E-state index contributed by atoms with van der Waals surface area (Å²) in [5, 5.41) is 15.1. The molecule has 17 heavy (non-hydrogen) atoms. The number of carbonyl (C=O) groups is 1. The van der Waals surface area contributed by atoms with Crippen LogP contribution >= 0.6 is 0 Å². The molecule has 1 aliphatic rings. The van der Waals surface area contributed by atoms with Crippen LogP contribution in [0.1, 0.15) is 6.92 Å². The van der Waals surface area contributed by atoms with E-state index in [9.17, 15) is 4.79 Å². The standard InChI is InChI=1S/C13H12N2O2/c1-7-12-9(6-11(14-7)13(16)17)8-4-2-3-5-10(8)15-12/h2-6,11,14-15H,1H3,(H,16,17). The molecule has 0 saturated carbocycles. The molecular formula is C13H12N2O2. The molecule has 0 radical (unpaired) electrons. The molecule has 4 heteroatoms. The maximum Gasteiger partial charge on any atom is 0.330 e. The molecule has 2 heterocycles. The fourth-order valence-electron chi connectivity index (χ4n) is 2.28. The van der Waals surface area contributed by atoms with E-state index in [-0.39, 0.29) is 0 Å². The molecule has 1 aromatic heterocycles. The second-order valence-electron chi connectivity index (χ2n) is 4.21. The Morgan fingerprint density at radius 3 is 2.88 bits per heavy atom. The van der Waals surface area contributed by atoms with Gasteiger partial charge in [0.2, 0.25) is 0 Å². The molecule has 2 aromatic rings. The Labute approximate surface area is 97.3 Å².